The third kappa shape index (κ3) is 5.69. The van der Waals surface area contributed by atoms with Crippen LogP contribution >= 0.6 is 15.9 Å². The van der Waals surface area contributed by atoms with Crippen LogP contribution in [0.3, 0.4) is 0 Å². The van der Waals surface area contributed by atoms with Gasteiger partial charge < -0.3 is 16.0 Å². The molecule has 0 saturated heterocycles. The molecule has 2 amide bonds. The van der Waals surface area contributed by atoms with Gasteiger partial charge in [0.15, 0.2) is 0 Å². The van der Waals surface area contributed by atoms with Crippen molar-refractivity contribution in [2.24, 2.45) is 0 Å². The fraction of sp³-hybridized carbons (Fsp3) is 0.263. The minimum atomic E-state index is -0.153. The second kappa shape index (κ2) is 9.34. The van der Waals surface area contributed by atoms with Crippen molar-refractivity contribution >= 4 is 33.4 Å². The first-order valence-corrected chi connectivity index (χ1v) is 8.93. The molecule has 0 radical (unpaired) electrons. The lowest BCUT2D eigenvalue weighted by atomic mass is 10.0. The molecular weight excluding hydrogens is 382 g/mol. The average Bonchev–Trinajstić information content (AvgIpc) is 2.63. The number of hydrogen-bond donors (Lipinski definition) is 3. The molecule has 2 aromatic rings. The average molecular weight is 404 g/mol. The SMILES string of the molecule is CC[C@@H](NCC(=O)Nc1ccc(C(=O)NC)cc1)c1ccc(Br)cc1. The van der Waals surface area contributed by atoms with E-state index in [9.17, 15) is 9.59 Å². The molecule has 25 heavy (non-hydrogen) atoms. The first-order chi connectivity index (χ1) is 12.0. The number of amides is 2. The Hall–Kier alpha value is -2.18. The summed E-state index contributed by atoms with van der Waals surface area (Å²) in [6.07, 6.45) is 0.885. The smallest absolute Gasteiger partial charge is 0.251 e. The van der Waals surface area contributed by atoms with Crippen LogP contribution in [0.25, 0.3) is 0 Å². The third-order valence-electron chi connectivity index (χ3n) is 3.85. The predicted molar refractivity (Wildman–Crippen MR) is 104 cm³/mol. The monoisotopic (exact) mass is 403 g/mol. The summed E-state index contributed by atoms with van der Waals surface area (Å²) in [4.78, 5) is 23.6. The quantitative estimate of drug-likeness (QED) is 0.662. The van der Waals surface area contributed by atoms with Crippen LogP contribution in [0.2, 0.25) is 0 Å². The predicted octanol–water partition coefficient (Wildman–Crippen LogP) is 3.49. The first kappa shape index (κ1) is 19.1. The van der Waals surface area contributed by atoms with Crippen molar-refractivity contribution in [2.75, 3.05) is 18.9 Å². The van der Waals surface area contributed by atoms with Crippen LogP contribution in [0, 0.1) is 0 Å². The van der Waals surface area contributed by atoms with Gasteiger partial charge in [-0.3, -0.25) is 9.59 Å². The highest BCUT2D eigenvalue weighted by Gasteiger charge is 2.11. The first-order valence-electron chi connectivity index (χ1n) is 8.14. The molecule has 0 aliphatic heterocycles. The Morgan fingerprint density at radius 3 is 2.24 bits per heavy atom. The number of halogens is 1. The maximum absolute atomic E-state index is 12.1. The summed E-state index contributed by atoms with van der Waals surface area (Å²) in [6, 6.07) is 15.0. The van der Waals surface area contributed by atoms with E-state index in [1.54, 1.807) is 31.3 Å². The second-order valence-corrected chi connectivity index (χ2v) is 6.51. The number of carbonyl (C=O) groups is 2. The van der Waals surface area contributed by atoms with E-state index in [1.165, 1.54) is 0 Å². The van der Waals surface area contributed by atoms with Crippen LogP contribution in [0.1, 0.15) is 35.3 Å². The largest absolute Gasteiger partial charge is 0.355 e. The van der Waals surface area contributed by atoms with Crippen molar-refractivity contribution in [1.82, 2.24) is 10.6 Å². The van der Waals surface area contributed by atoms with Gasteiger partial charge in [-0.2, -0.15) is 0 Å². The minimum absolute atomic E-state index is 0.120. The molecule has 5 nitrogen and oxygen atoms in total. The molecule has 0 bridgehead atoms. The second-order valence-electron chi connectivity index (χ2n) is 5.60. The van der Waals surface area contributed by atoms with Crippen molar-refractivity contribution in [1.29, 1.82) is 0 Å². The maximum Gasteiger partial charge on any atom is 0.251 e. The molecule has 3 N–H and O–H groups in total. The van der Waals surface area contributed by atoms with E-state index in [0.717, 1.165) is 16.5 Å². The van der Waals surface area contributed by atoms with E-state index in [-0.39, 0.29) is 24.4 Å². The normalized spacial score (nSPS) is 11.6. The Labute approximate surface area is 156 Å². The summed E-state index contributed by atoms with van der Waals surface area (Å²) in [6.45, 7) is 2.29. The lowest BCUT2D eigenvalue weighted by Crippen LogP contribution is -2.31. The third-order valence-corrected chi connectivity index (χ3v) is 4.38. The van der Waals surface area contributed by atoms with Gasteiger partial charge in [-0.05, 0) is 48.4 Å². The van der Waals surface area contributed by atoms with E-state index < -0.39 is 0 Å². The molecule has 132 valence electrons. The van der Waals surface area contributed by atoms with Gasteiger partial charge in [0, 0.05) is 28.8 Å². The van der Waals surface area contributed by atoms with Gasteiger partial charge in [-0.25, -0.2) is 0 Å². The van der Waals surface area contributed by atoms with Crippen LogP contribution < -0.4 is 16.0 Å². The van der Waals surface area contributed by atoms with Crippen molar-refractivity contribution in [3.8, 4) is 0 Å². The van der Waals surface area contributed by atoms with E-state index in [4.69, 9.17) is 0 Å². The van der Waals surface area contributed by atoms with Gasteiger partial charge in [0.05, 0.1) is 6.54 Å². The number of hydrogen-bond acceptors (Lipinski definition) is 3. The zero-order chi connectivity index (χ0) is 18.2. The summed E-state index contributed by atoms with van der Waals surface area (Å²) in [7, 11) is 1.58. The van der Waals surface area contributed by atoms with E-state index >= 15 is 0 Å². The van der Waals surface area contributed by atoms with Crippen LogP contribution in [-0.4, -0.2) is 25.4 Å². The lowest BCUT2D eigenvalue weighted by molar-refractivity contribution is -0.115. The standard InChI is InChI=1S/C19H22BrN3O2/c1-3-17(13-4-8-15(20)9-5-13)22-12-18(24)23-16-10-6-14(7-11-16)19(25)21-2/h4-11,17,22H,3,12H2,1-2H3,(H,21,25)(H,23,24)/t17-/m1/s1. The van der Waals surface area contributed by atoms with E-state index in [2.05, 4.69) is 38.8 Å². The Bertz CT molecular complexity index is 714. The summed E-state index contributed by atoms with van der Waals surface area (Å²) in [5, 5.41) is 8.66. The van der Waals surface area contributed by atoms with Gasteiger partial charge in [0.2, 0.25) is 5.91 Å². The Balaban J connectivity index is 1.88. The molecular formula is C19H22BrN3O2. The number of nitrogens with one attached hydrogen (secondary N) is 3. The molecule has 0 aliphatic carbocycles. The molecule has 2 aromatic carbocycles. The molecule has 0 aromatic heterocycles. The number of rotatable bonds is 7. The lowest BCUT2D eigenvalue weighted by Gasteiger charge is -2.17. The summed E-state index contributed by atoms with van der Waals surface area (Å²) in [5.74, 6) is -0.275. The molecule has 2 rings (SSSR count). The zero-order valence-electron chi connectivity index (χ0n) is 14.3. The summed E-state index contributed by atoms with van der Waals surface area (Å²) >= 11 is 3.42. The molecule has 0 unspecified atom stereocenters. The molecule has 1 atom stereocenters. The van der Waals surface area contributed by atoms with Crippen LogP contribution in [0.4, 0.5) is 5.69 Å². The van der Waals surface area contributed by atoms with Gasteiger partial charge in [-0.1, -0.05) is 35.0 Å². The van der Waals surface area contributed by atoms with Crippen molar-refractivity contribution < 1.29 is 9.59 Å². The van der Waals surface area contributed by atoms with Crippen LogP contribution in [-0.2, 0) is 4.79 Å². The molecule has 6 heteroatoms. The van der Waals surface area contributed by atoms with Crippen LogP contribution in [0.15, 0.2) is 53.0 Å². The Kier molecular flexibility index (Phi) is 7.16. The van der Waals surface area contributed by atoms with Gasteiger partial charge in [0.1, 0.15) is 0 Å². The molecule has 0 saturated carbocycles. The number of carbonyl (C=O) groups excluding carboxylic acids is 2. The van der Waals surface area contributed by atoms with Gasteiger partial charge in [0.25, 0.3) is 5.91 Å². The highest BCUT2D eigenvalue weighted by atomic mass is 79.9. The van der Waals surface area contributed by atoms with E-state index in [0.29, 0.717) is 11.3 Å². The highest BCUT2D eigenvalue weighted by Crippen LogP contribution is 2.19. The highest BCUT2D eigenvalue weighted by molar-refractivity contribution is 9.10. The Morgan fingerprint density at radius 1 is 1.04 bits per heavy atom. The number of benzene rings is 2. The molecule has 0 aliphatic rings. The van der Waals surface area contributed by atoms with E-state index in [1.807, 2.05) is 24.3 Å². The molecule has 0 spiro atoms. The molecule has 0 heterocycles. The number of anilines is 1. The fourth-order valence-electron chi connectivity index (χ4n) is 2.46. The fourth-order valence-corrected chi connectivity index (χ4v) is 2.73. The van der Waals surface area contributed by atoms with Gasteiger partial charge >= 0.3 is 0 Å². The zero-order valence-corrected chi connectivity index (χ0v) is 15.9. The maximum atomic E-state index is 12.1. The van der Waals surface area contributed by atoms with Crippen molar-refractivity contribution in [3.05, 3.63) is 64.1 Å². The topological polar surface area (TPSA) is 70.2 Å². The summed E-state index contributed by atoms with van der Waals surface area (Å²) < 4.78 is 1.03. The van der Waals surface area contributed by atoms with Crippen molar-refractivity contribution in [3.63, 3.8) is 0 Å². The van der Waals surface area contributed by atoms with Crippen LogP contribution in [0.5, 0.6) is 0 Å². The molecule has 0 fully saturated rings. The van der Waals surface area contributed by atoms with Gasteiger partial charge in [-0.15, -0.1) is 0 Å². The minimum Gasteiger partial charge on any atom is -0.355 e. The van der Waals surface area contributed by atoms with Crippen molar-refractivity contribution in [2.45, 2.75) is 19.4 Å². The summed E-state index contributed by atoms with van der Waals surface area (Å²) in [5.41, 5.74) is 2.37. The Morgan fingerprint density at radius 2 is 1.68 bits per heavy atom.